The molecule has 160 valence electrons. The number of piperidine rings is 1. The molecular formula is C21H25ClN4O4. The molecule has 2 aromatic rings. The van der Waals surface area contributed by atoms with Crippen LogP contribution in [-0.2, 0) is 14.3 Å². The van der Waals surface area contributed by atoms with Crippen LogP contribution in [-0.4, -0.2) is 70.7 Å². The van der Waals surface area contributed by atoms with Crippen molar-refractivity contribution in [2.75, 3.05) is 33.3 Å². The molecule has 1 fully saturated rings. The highest BCUT2D eigenvalue weighted by molar-refractivity contribution is 6.30. The highest BCUT2D eigenvalue weighted by Gasteiger charge is 2.29. The molecule has 3 rings (SSSR count). The van der Waals surface area contributed by atoms with E-state index in [-0.39, 0.29) is 30.2 Å². The number of rotatable bonds is 6. The standard InChI is InChI=1S/C21H25ClN4O4/c1-3-30-21(29)15-8-10-25(11-9-15)19(27)14-24(2)20(28)16-12-23-26(13-16)18-6-4-17(22)5-7-18/h4-7,12-13,15H,3,8-11,14H2,1-2H3. The average Bonchev–Trinajstić information content (AvgIpc) is 3.24. The third-order valence-electron chi connectivity index (χ3n) is 5.11. The Balaban J connectivity index is 1.54. The molecule has 9 heteroatoms. The van der Waals surface area contributed by atoms with Crippen molar-refractivity contribution in [2.24, 2.45) is 5.92 Å². The number of likely N-dealkylation sites (tertiary alicyclic amines) is 1. The number of hydrogen-bond donors (Lipinski definition) is 0. The summed E-state index contributed by atoms with van der Waals surface area (Å²) in [5.74, 6) is -0.787. The molecule has 8 nitrogen and oxygen atoms in total. The van der Waals surface area contributed by atoms with Crippen molar-refractivity contribution < 1.29 is 19.1 Å². The van der Waals surface area contributed by atoms with E-state index in [0.717, 1.165) is 5.69 Å². The number of amides is 2. The van der Waals surface area contributed by atoms with Gasteiger partial charge in [0.2, 0.25) is 5.91 Å². The first kappa shape index (κ1) is 21.8. The smallest absolute Gasteiger partial charge is 0.309 e. The van der Waals surface area contributed by atoms with Gasteiger partial charge in [-0.25, -0.2) is 4.68 Å². The van der Waals surface area contributed by atoms with Crippen LogP contribution < -0.4 is 0 Å². The van der Waals surface area contributed by atoms with Crippen LogP contribution >= 0.6 is 11.6 Å². The second-order valence-electron chi connectivity index (χ2n) is 7.22. The zero-order chi connectivity index (χ0) is 21.7. The van der Waals surface area contributed by atoms with E-state index in [2.05, 4.69) is 5.10 Å². The summed E-state index contributed by atoms with van der Waals surface area (Å²) in [6.07, 6.45) is 4.26. The predicted molar refractivity (Wildman–Crippen MR) is 111 cm³/mol. The van der Waals surface area contributed by atoms with E-state index in [1.165, 1.54) is 11.1 Å². The summed E-state index contributed by atoms with van der Waals surface area (Å²) < 4.78 is 6.63. The molecule has 0 unspecified atom stereocenters. The Morgan fingerprint density at radius 3 is 2.50 bits per heavy atom. The fourth-order valence-electron chi connectivity index (χ4n) is 3.39. The summed E-state index contributed by atoms with van der Waals surface area (Å²) in [5.41, 5.74) is 1.17. The predicted octanol–water partition coefficient (Wildman–Crippen LogP) is 2.40. The Hall–Kier alpha value is -2.87. The van der Waals surface area contributed by atoms with Crippen LogP contribution in [0.1, 0.15) is 30.1 Å². The second kappa shape index (κ2) is 9.75. The molecule has 2 heterocycles. The van der Waals surface area contributed by atoms with Gasteiger partial charge < -0.3 is 14.5 Å². The molecule has 0 N–H and O–H groups in total. The third-order valence-corrected chi connectivity index (χ3v) is 5.36. The van der Waals surface area contributed by atoms with E-state index in [1.54, 1.807) is 54.0 Å². The molecule has 1 saturated heterocycles. The summed E-state index contributed by atoms with van der Waals surface area (Å²) in [4.78, 5) is 40.2. The number of ether oxygens (including phenoxy) is 1. The number of benzene rings is 1. The Labute approximate surface area is 180 Å². The normalized spacial score (nSPS) is 14.4. The van der Waals surface area contributed by atoms with Crippen molar-refractivity contribution in [3.05, 3.63) is 47.2 Å². The van der Waals surface area contributed by atoms with Crippen molar-refractivity contribution in [2.45, 2.75) is 19.8 Å². The number of aromatic nitrogens is 2. The minimum Gasteiger partial charge on any atom is -0.466 e. The van der Waals surface area contributed by atoms with E-state index < -0.39 is 0 Å². The molecule has 0 bridgehead atoms. The topological polar surface area (TPSA) is 84.7 Å². The van der Waals surface area contributed by atoms with Crippen LogP contribution in [0.25, 0.3) is 5.69 Å². The first-order valence-electron chi connectivity index (χ1n) is 9.89. The van der Waals surface area contributed by atoms with Gasteiger partial charge in [-0.15, -0.1) is 0 Å². The number of halogens is 1. The van der Waals surface area contributed by atoms with Crippen molar-refractivity contribution in [3.63, 3.8) is 0 Å². The Kier molecular flexibility index (Phi) is 7.10. The molecule has 1 aliphatic heterocycles. The molecule has 0 atom stereocenters. The van der Waals surface area contributed by atoms with Gasteiger partial charge in [-0.05, 0) is 44.0 Å². The molecule has 2 amide bonds. The number of esters is 1. The van der Waals surface area contributed by atoms with Gasteiger partial charge in [0.15, 0.2) is 0 Å². The average molecular weight is 433 g/mol. The summed E-state index contributed by atoms with van der Waals surface area (Å²) >= 11 is 5.90. The number of nitrogens with zero attached hydrogens (tertiary/aromatic N) is 4. The molecule has 0 aliphatic carbocycles. The lowest BCUT2D eigenvalue weighted by Gasteiger charge is -2.32. The lowest BCUT2D eigenvalue weighted by Crippen LogP contribution is -2.45. The summed E-state index contributed by atoms with van der Waals surface area (Å²) in [6.45, 7) is 3.08. The zero-order valence-electron chi connectivity index (χ0n) is 17.1. The number of hydrogen-bond acceptors (Lipinski definition) is 5. The van der Waals surface area contributed by atoms with E-state index in [9.17, 15) is 14.4 Å². The van der Waals surface area contributed by atoms with Gasteiger partial charge in [0, 0.05) is 31.4 Å². The SMILES string of the molecule is CCOC(=O)C1CCN(C(=O)CN(C)C(=O)c2cnn(-c3ccc(Cl)cc3)c2)CC1. The van der Waals surface area contributed by atoms with Crippen molar-refractivity contribution >= 4 is 29.4 Å². The maximum absolute atomic E-state index is 12.7. The minimum atomic E-state index is -0.287. The summed E-state index contributed by atoms with van der Waals surface area (Å²) in [6, 6.07) is 7.10. The largest absolute Gasteiger partial charge is 0.466 e. The molecule has 1 aromatic carbocycles. The first-order chi connectivity index (χ1) is 14.4. The van der Waals surface area contributed by atoms with Gasteiger partial charge in [0.1, 0.15) is 0 Å². The van der Waals surface area contributed by atoms with Crippen LogP contribution in [0.5, 0.6) is 0 Å². The van der Waals surface area contributed by atoms with E-state index in [0.29, 0.717) is 43.1 Å². The molecule has 0 spiro atoms. The third kappa shape index (κ3) is 5.18. The van der Waals surface area contributed by atoms with Crippen LogP contribution in [0.4, 0.5) is 0 Å². The monoisotopic (exact) mass is 432 g/mol. The fraction of sp³-hybridized carbons (Fsp3) is 0.429. The highest BCUT2D eigenvalue weighted by Crippen LogP contribution is 2.19. The summed E-state index contributed by atoms with van der Waals surface area (Å²) in [5, 5.41) is 4.83. The maximum atomic E-state index is 12.7. The number of carbonyl (C=O) groups is 3. The van der Waals surface area contributed by atoms with Gasteiger partial charge in [-0.2, -0.15) is 5.10 Å². The Bertz CT molecular complexity index is 904. The molecule has 1 aromatic heterocycles. The van der Waals surface area contributed by atoms with Gasteiger partial charge in [-0.3, -0.25) is 14.4 Å². The van der Waals surface area contributed by atoms with Crippen molar-refractivity contribution in [1.82, 2.24) is 19.6 Å². The Morgan fingerprint density at radius 1 is 1.20 bits per heavy atom. The van der Waals surface area contributed by atoms with Crippen molar-refractivity contribution in [3.8, 4) is 5.69 Å². The second-order valence-corrected chi connectivity index (χ2v) is 7.65. The fourth-order valence-corrected chi connectivity index (χ4v) is 3.51. The van der Waals surface area contributed by atoms with Crippen molar-refractivity contribution in [1.29, 1.82) is 0 Å². The van der Waals surface area contributed by atoms with E-state index in [1.807, 2.05) is 0 Å². The zero-order valence-corrected chi connectivity index (χ0v) is 17.8. The van der Waals surface area contributed by atoms with Crippen LogP contribution in [0.15, 0.2) is 36.7 Å². The lowest BCUT2D eigenvalue weighted by atomic mass is 9.97. The highest BCUT2D eigenvalue weighted by atomic mass is 35.5. The maximum Gasteiger partial charge on any atom is 0.309 e. The summed E-state index contributed by atoms with van der Waals surface area (Å²) in [7, 11) is 1.59. The molecular weight excluding hydrogens is 408 g/mol. The quantitative estimate of drug-likeness (QED) is 0.654. The first-order valence-corrected chi connectivity index (χ1v) is 10.3. The van der Waals surface area contributed by atoms with E-state index >= 15 is 0 Å². The molecule has 1 aliphatic rings. The number of carbonyl (C=O) groups excluding carboxylic acids is 3. The van der Waals surface area contributed by atoms with Gasteiger partial charge in [-0.1, -0.05) is 11.6 Å². The molecule has 0 radical (unpaired) electrons. The van der Waals surface area contributed by atoms with Gasteiger partial charge in [0.05, 0.1) is 36.5 Å². The molecule has 30 heavy (non-hydrogen) atoms. The Morgan fingerprint density at radius 2 is 1.87 bits per heavy atom. The minimum absolute atomic E-state index is 0.0327. The van der Waals surface area contributed by atoms with Crippen LogP contribution in [0, 0.1) is 5.92 Å². The number of likely N-dealkylation sites (N-methyl/N-ethyl adjacent to an activating group) is 1. The van der Waals surface area contributed by atoms with Gasteiger partial charge in [0.25, 0.3) is 5.91 Å². The van der Waals surface area contributed by atoms with E-state index in [4.69, 9.17) is 16.3 Å². The molecule has 0 saturated carbocycles. The van der Waals surface area contributed by atoms with Crippen LogP contribution in [0.2, 0.25) is 5.02 Å². The van der Waals surface area contributed by atoms with Crippen LogP contribution in [0.3, 0.4) is 0 Å². The van der Waals surface area contributed by atoms with Gasteiger partial charge >= 0.3 is 5.97 Å². The lowest BCUT2D eigenvalue weighted by molar-refractivity contribution is -0.151.